The van der Waals surface area contributed by atoms with Crippen LogP contribution >= 0.6 is 0 Å². The van der Waals surface area contributed by atoms with Gasteiger partial charge >= 0.3 is 0 Å². The Kier molecular flexibility index (Phi) is 3.86. The van der Waals surface area contributed by atoms with Crippen LogP contribution in [0.2, 0.25) is 0 Å². The molecule has 0 aliphatic carbocycles. The summed E-state index contributed by atoms with van der Waals surface area (Å²) in [6.07, 6.45) is -0.0390. The zero-order valence-electron chi connectivity index (χ0n) is 7.53. The Morgan fingerprint density at radius 1 is 1.38 bits per heavy atom. The van der Waals surface area contributed by atoms with Crippen LogP contribution in [0.5, 0.6) is 0 Å². The van der Waals surface area contributed by atoms with Crippen LogP contribution in [0, 0.1) is 5.82 Å². The highest BCUT2D eigenvalue weighted by Gasteiger charge is 2.06. The first kappa shape index (κ1) is 10.2. The van der Waals surface area contributed by atoms with Gasteiger partial charge in [-0.15, -0.1) is 0 Å². The van der Waals surface area contributed by atoms with E-state index in [0.29, 0.717) is 13.0 Å². The van der Waals surface area contributed by atoms with Crippen LogP contribution in [0.1, 0.15) is 18.1 Å². The van der Waals surface area contributed by atoms with Crippen LogP contribution in [-0.4, -0.2) is 18.8 Å². The maximum atomic E-state index is 12.5. The van der Waals surface area contributed by atoms with E-state index >= 15 is 0 Å². The quantitative estimate of drug-likeness (QED) is 0.774. The standard InChI is InChI=1S/C10H13FO2/c1-13-7-6-10(12)8-2-4-9(11)5-3-8/h2-5,10,12H,6-7H2,1H3. The van der Waals surface area contributed by atoms with E-state index in [2.05, 4.69) is 0 Å². The minimum Gasteiger partial charge on any atom is -0.388 e. The number of benzene rings is 1. The van der Waals surface area contributed by atoms with Gasteiger partial charge in [0, 0.05) is 20.1 Å². The van der Waals surface area contributed by atoms with Crippen molar-refractivity contribution in [3.8, 4) is 0 Å². The Labute approximate surface area is 77.0 Å². The van der Waals surface area contributed by atoms with Gasteiger partial charge in [0.15, 0.2) is 0 Å². The van der Waals surface area contributed by atoms with E-state index in [1.54, 1.807) is 19.2 Å². The summed E-state index contributed by atoms with van der Waals surface area (Å²) in [6, 6.07) is 5.84. The second kappa shape index (κ2) is 4.94. The Morgan fingerprint density at radius 3 is 2.54 bits per heavy atom. The summed E-state index contributed by atoms with van der Waals surface area (Å²) in [6.45, 7) is 0.499. The van der Waals surface area contributed by atoms with E-state index in [4.69, 9.17) is 4.74 Å². The van der Waals surface area contributed by atoms with Gasteiger partial charge in [0.1, 0.15) is 5.82 Å². The molecular formula is C10H13FO2. The highest BCUT2D eigenvalue weighted by Crippen LogP contribution is 2.16. The van der Waals surface area contributed by atoms with Crippen molar-refractivity contribution in [1.82, 2.24) is 0 Å². The molecule has 1 rings (SSSR count). The van der Waals surface area contributed by atoms with Crippen LogP contribution < -0.4 is 0 Å². The Balaban J connectivity index is 2.55. The minimum absolute atomic E-state index is 0.289. The summed E-state index contributed by atoms with van der Waals surface area (Å²) < 4.78 is 17.3. The van der Waals surface area contributed by atoms with E-state index in [9.17, 15) is 9.50 Å². The van der Waals surface area contributed by atoms with Crippen molar-refractivity contribution in [2.45, 2.75) is 12.5 Å². The molecule has 1 aromatic rings. The summed E-state index contributed by atoms with van der Waals surface area (Å²) >= 11 is 0. The second-order valence-corrected chi connectivity index (χ2v) is 2.85. The third kappa shape index (κ3) is 3.13. The van der Waals surface area contributed by atoms with Gasteiger partial charge in [-0.3, -0.25) is 0 Å². The number of aliphatic hydroxyl groups excluding tert-OH is 1. The zero-order chi connectivity index (χ0) is 9.68. The first-order valence-corrected chi connectivity index (χ1v) is 4.16. The molecule has 1 N–H and O–H groups in total. The topological polar surface area (TPSA) is 29.5 Å². The highest BCUT2D eigenvalue weighted by molar-refractivity contribution is 5.18. The van der Waals surface area contributed by atoms with Crippen LogP contribution in [0.3, 0.4) is 0 Å². The number of halogens is 1. The van der Waals surface area contributed by atoms with Gasteiger partial charge in [0.05, 0.1) is 6.10 Å². The molecule has 0 aliphatic rings. The lowest BCUT2D eigenvalue weighted by molar-refractivity contribution is 0.110. The first-order chi connectivity index (χ1) is 6.24. The molecule has 0 radical (unpaired) electrons. The van der Waals surface area contributed by atoms with Gasteiger partial charge in [0.25, 0.3) is 0 Å². The largest absolute Gasteiger partial charge is 0.388 e. The number of hydrogen-bond acceptors (Lipinski definition) is 2. The fourth-order valence-corrected chi connectivity index (χ4v) is 1.08. The molecule has 0 heterocycles. The van der Waals surface area contributed by atoms with Crippen LogP contribution in [0.25, 0.3) is 0 Å². The predicted octanol–water partition coefficient (Wildman–Crippen LogP) is 1.90. The first-order valence-electron chi connectivity index (χ1n) is 4.16. The third-order valence-electron chi connectivity index (χ3n) is 1.85. The molecule has 0 amide bonds. The molecular weight excluding hydrogens is 171 g/mol. The maximum absolute atomic E-state index is 12.5. The molecule has 13 heavy (non-hydrogen) atoms. The van der Waals surface area contributed by atoms with Crippen molar-refractivity contribution >= 4 is 0 Å². The van der Waals surface area contributed by atoms with E-state index in [-0.39, 0.29) is 5.82 Å². The summed E-state index contributed by atoms with van der Waals surface area (Å²) in [5.74, 6) is -0.289. The number of rotatable bonds is 4. The number of hydrogen-bond donors (Lipinski definition) is 1. The second-order valence-electron chi connectivity index (χ2n) is 2.85. The van der Waals surface area contributed by atoms with E-state index in [1.165, 1.54) is 12.1 Å². The summed E-state index contributed by atoms with van der Waals surface area (Å²) in [4.78, 5) is 0. The van der Waals surface area contributed by atoms with Crippen molar-refractivity contribution in [1.29, 1.82) is 0 Å². The monoisotopic (exact) mass is 184 g/mol. The summed E-state index contributed by atoms with van der Waals surface area (Å²) in [7, 11) is 1.58. The lowest BCUT2D eigenvalue weighted by Crippen LogP contribution is -2.01. The van der Waals surface area contributed by atoms with Gasteiger partial charge in [-0.2, -0.15) is 0 Å². The Bertz CT molecular complexity index is 246. The van der Waals surface area contributed by atoms with Crippen molar-refractivity contribution in [3.63, 3.8) is 0 Å². The molecule has 1 atom stereocenters. The molecule has 1 unspecified atom stereocenters. The van der Waals surface area contributed by atoms with Crippen molar-refractivity contribution in [2.75, 3.05) is 13.7 Å². The molecule has 1 aromatic carbocycles. The average Bonchev–Trinajstić information content (AvgIpc) is 2.15. The molecule has 3 heteroatoms. The molecule has 0 spiro atoms. The molecule has 72 valence electrons. The molecule has 0 bridgehead atoms. The van der Waals surface area contributed by atoms with Gasteiger partial charge in [0.2, 0.25) is 0 Å². The van der Waals surface area contributed by atoms with Crippen LogP contribution in [0.15, 0.2) is 24.3 Å². The van der Waals surface area contributed by atoms with Crippen molar-refractivity contribution in [3.05, 3.63) is 35.6 Å². The van der Waals surface area contributed by atoms with Gasteiger partial charge in [-0.05, 0) is 17.7 Å². The van der Waals surface area contributed by atoms with Crippen molar-refractivity contribution in [2.24, 2.45) is 0 Å². The molecule has 0 aromatic heterocycles. The van der Waals surface area contributed by atoms with E-state index < -0.39 is 6.10 Å². The van der Waals surface area contributed by atoms with Crippen LogP contribution in [-0.2, 0) is 4.74 Å². The average molecular weight is 184 g/mol. The summed E-state index contributed by atoms with van der Waals surface area (Å²) in [5, 5.41) is 9.54. The fraction of sp³-hybridized carbons (Fsp3) is 0.400. The maximum Gasteiger partial charge on any atom is 0.123 e. The number of methoxy groups -OCH3 is 1. The summed E-state index contributed by atoms with van der Waals surface area (Å²) in [5.41, 5.74) is 0.721. The molecule has 0 saturated heterocycles. The smallest absolute Gasteiger partial charge is 0.123 e. The molecule has 0 fully saturated rings. The van der Waals surface area contributed by atoms with E-state index in [1.807, 2.05) is 0 Å². The Morgan fingerprint density at radius 2 is 2.00 bits per heavy atom. The Hall–Kier alpha value is -0.930. The zero-order valence-corrected chi connectivity index (χ0v) is 7.53. The molecule has 0 saturated carbocycles. The SMILES string of the molecule is COCCC(O)c1ccc(F)cc1. The fourth-order valence-electron chi connectivity index (χ4n) is 1.08. The lowest BCUT2D eigenvalue weighted by Gasteiger charge is -2.09. The predicted molar refractivity (Wildman–Crippen MR) is 47.9 cm³/mol. The highest BCUT2D eigenvalue weighted by atomic mass is 19.1. The van der Waals surface area contributed by atoms with E-state index in [0.717, 1.165) is 5.56 Å². The lowest BCUT2D eigenvalue weighted by atomic mass is 10.1. The number of aliphatic hydroxyl groups is 1. The number of ether oxygens (including phenoxy) is 1. The molecule has 0 aliphatic heterocycles. The normalized spacial score (nSPS) is 12.8. The van der Waals surface area contributed by atoms with Crippen molar-refractivity contribution < 1.29 is 14.2 Å². The molecule has 2 nitrogen and oxygen atoms in total. The van der Waals surface area contributed by atoms with Gasteiger partial charge < -0.3 is 9.84 Å². The van der Waals surface area contributed by atoms with Crippen LogP contribution in [0.4, 0.5) is 4.39 Å². The third-order valence-corrected chi connectivity index (χ3v) is 1.85. The van der Waals surface area contributed by atoms with Gasteiger partial charge in [-0.25, -0.2) is 4.39 Å². The minimum atomic E-state index is -0.569. The van der Waals surface area contributed by atoms with Gasteiger partial charge in [-0.1, -0.05) is 12.1 Å².